The van der Waals surface area contributed by atoms with E-state index < -0.39 is 0 Å². The molecular formula is C25H35NO. The summed E-state index contributed by atoms with van der Waals surface area (Å²) in [4.78, 5) is 4.47. The second-order valence-electron chi connectivity index (χ2n) is 7.19. The second kappa shape index (κ2) is 14.0. The summed E-state index contributed by atoms with van der Waals surface area (Å²) in [5, 5.41) is 0. The third-order valence-corrected chi connectivity index (χ3v) is 4.77. The van der Waals surface area contributed by atoms with Gasteiger partial charge >= 0.3 is 0 Å². The molecular weight excluding hydrogens is 330 g/mol. The standard InChI is InChI=1S/C25H35NO/c1-2-3-4-5-6-7-8-9-10-14-21-27-25-19-17-23(18-20-25)22-26-24-15-12-11-13-16-24/h11-13,15-20,22H,2-10,14,21H2,1H3. The predicted molar refractivity (Wildman–Crippen MR) is 117 cm³/mol. The summed E-state index contributed by atoms with van der Waals surface area (Å²) in [7, 11) is 0. The molecule has 146 valence electrons. The highest BCUT2D eigenvalue weighted by Gasteiger charge is 1.96. The molecule has 0 aliphatic rings. The van der Waals surface area contributed by atoms with Crippen molar-refractivity contribution in [3.05, 3.63) is 60.2 Å². The second-order valence-corrected chi connectivity index (χ2v) is 7.19. The predicted octanol–water partition coefficient (Wildman–Crippen LogP) is 7.74. The van der Waals surface area contributed by atoms with E-state index in [0.717, 1.165) is 30.0 Å². The fourth-order valence-electron chi connectivity index (χ4n) is 3.09. The third kappa shape index (κ3) is 9.98. The van der Waals surface area contributed by atoms with Crippen LogP contribution in [0.2, 0.25) is 0 Å². The van der Waals surface area contributed by atoms with Crippen LogP contribution in [0.1, 0.15) is 76.7 Å². The van der Waals surface area contributed by atoms with Crippen molar-refractivity contribution in [2.24, 2.45) is 4.99 Å². The molecule has 27 heavy (non-hydrogen) atoms. The molecule has 0 spiro atoms. The van der Waals surface area contributed by atoms with Gasteiger partial charge < -0.3 is 4.74 Å². The minimum atomic E-state index is 0.813. The van der Waals surface area contributed by atoms with E-state index in [9.17, 15) is 0 Å². The molecule has 0 heterocycles. The van der Waals surface area contributed by atoms with Crippen LogP contribution >= 0.6 is 0 Å². The topological polar surface area (TPSA) is 21.6 Å². The maximum atomic E-state index is 5.85. The molecule has 2 aromatic carbocycles. The maximum absolute atomic E-state index is 5.85. The van der Waals surface area contributed by atoms with Crippen LogP contribution in [-0.2, 0) is 0 Å². The van der Waals surface area contributed by atoms with Crippen LogP contribution in [0.4, 0.5) is 5.69 Å². The van der Waals surface area contributed by atoms with Crippen LogP contribution in [0.15, 0.2) is 59.6 Å². The molecule has 2 aromatic rings. The van der Waals surface area contributed by atoms with E-state index in [1.165, 1.54) is 57.8 Å². The Kier molecular flexibility index (Phi) is 11.0. The molecule has 2 rings (SSSR count). The Labute approximate surface area is 165 Å². The zero-order valence-electron chi connectivity index (χ0n) is 16.9. The van der Waals surface area contributed by atoms with Crippen molar-refractivity contribution >= 4 is 11.9 Å². The largest absolute Gasteiger partial charge is 0.494 e. The number of nitrogens with zero attached hydrogens (tertiary/aromatic N) is 1. The molecule has 0 atom stereocenters. The summed E-state index contributed by atoms with van der Waals surface area (Å²) in [6.45, 7) is 3.09. The Hall–Kier alpha value is -2.09. The molecule has 0 saturated heterocycles. The average Bonchev–Trinajstić information content (AvgIpc) is 2.72. The maximum Gasteiger partial charge on any atom is 0.119 e. The Morgan fingerprint density at radius 2 is 1.30 bits per heavy atom. The van der Waals surface area contributed by atoms with E-state index in [4.69, 9.17) is 4.74 Å². The Balaban J connectivity index is 1.52. The lowest BCUT2D eigenvalue weighted by molar-refractivity contribution is 0.304. The molecule has 0 aromatic heterocycles. The number of hydrogen-bond acceptors (Lipinski definition) is 2. The van der Waals surface area contributed by atoms with Gasteiger partial charge in [-0.25, -0.2) is 0 Å². The quantitative estimate of drug-likeness (QED) is 0.248. The minimum absolute atomic E-state index is 0.813. The van der Waals surface area contributed by atoms with Crippen molar-refractivity contribution in [2.45, 2.75) is 71.1 Å². The van der Waals surface area contributed by atoms with E-state index in [0.29, 0.717) is 0 Å². The average molecular weight is 366 g/mol. The summed E-state index contributed by atoms with van der Waals surface area (Å²) in [5.74, 6) is 0.947. The van der Waals surface area contributed by atoms with E-state index >= 15 is 0 Å². The minimum Gasteiger partial charge on any atom is -0.494 e. The Morgan fingerprint density at radius 1 is 0.704 bits per heavy atom. The summed E-state index contributed by atoms with van der Waals surface area (Å²) < 4.78 is 5.85. The highest BCUT2D eigenvalue weighted by Crippen LogP contribution is 2.15. The molecule has 0 aliphatic heterocycles. The smallest absolute Gasteiger partial charge is 0.119 e. The highest BCUT2D eigenvalue weighted by atomic mass is 16.5. The van der Waals surface area contributed by atoms with Gasteiger partial charge in [0, 0.05) is 6.21 Å². The first kappa shape index (κ1) is 21.2. The lowest BCUT2D eigenvalue weighted by Crippen LogP contribution is -1.97. The first-order chi connectivity index (χ1) is 13.4. The SMILES string of the molecule is CCCCCCCCCCCCOc1ccc(C=Nc2ccccc2)cc1. The van der Waals surface area contributed by atoms with Crippen LogP contribution in [0, 0.1) is 0 Å². The van der Waals surface area contributed by atoms with Gasteiger partial charge in [0.15, 0.2) is 0 Å². The number of rotatable bonds is 14. The van der Waals surface area contributed by atoms with Crippen LogP contribution in [0.5, 0.6) is 5.75 Å². The molecule has 0 saturated carbocycles. The third-order valence-electron chi connectivity index (χ3n) is 4.77. The van der Waals surface area contributed by atoms with Crippen molar-refractivity contribution in [3.8, 4) is 5.75 Å². The zero-order chi connectivity index (χ0) is 19.0. The van der Waals surface area contributed by atoms with E-state index in [2.05, 4.69) is 24.0 Å². The first-order valence-electron chi connectivity index (χ1n) is 10.7. The normalized spacial score (nSPS) is 11.1. The van der Waals surface area contributed by atoms with Gasteiger partial charge in [0.25, 0.3) is 0 Å². The van der Waals surface area contributed by atoms with Crippen molar-refractivity contribution in [1.29, 1.82) is 0 Å². The van der Waals surface area contributed by atoms with Crippen molar-refractivity contribution < 1.29 is 4.74 Å². The molecule has 0 unspecified atom stereocenters. The molecule has 2 heteroatoms. The molecule has 0 aliphatic carbocycles. The highest BCUT2D eigenvalue weighted by molar-refractivity contribution is 5.82. The van der Waals surface area contributed by atoms with Crippen LogP contribution in [0.3, 0.4) is 0 Å². The lowest BCUT2D eigenvalue weighted by atomic mass is 10.1. The zero-order valence-corrected chi connectivity index (χ0v) is 16.9. The summed E-state index contributed by atoms with van der Waals surface area (Å²) in [6.07, 6.45) is 15.4. The molecule has 0 bridgehead atoms. The summed E-state index contributed by atoms with van der Waals surface area (Å²) >= 11 is 0. The van der Waals surface area contributed by atoms with Crippen LogP contribution in [0.25, 0.3) is 0 Å². The number of aliphatic imine (C=N–C) groups is 1. The monoisotopic (exact) mass is 365 g/mol. The van der Waals surface area contributed by atoms with Crippen LogP contribution < -0.4 is 4.74 Å². The fourth-order valence-corrected chi connectivity index (χ4v) is 3.09. The van der Waals surface area contributed by atoms with Gasteiger partial charge in [-0.3, -0.25) is 4.99 Å². The van der Waals surface area contributed by atoms with Gasteiger partial charge in [0.05, 0.1) is 12.3 Å². The van der Waals surface area contributed by atoms with Gasteiger partial charge in [0.1, 0.15) is 5.75 Å². The molecule has 0 fully saturated rings. The van der Waals surface area contributed by atoms with Gasteiger partial charge in [-0.15, -0.1) is 0 Å². The van der Waals surface area contributed by atoms with E-state index in [1.54, 1.807) is 0 Å². The Morgan fingerprint density at radius 3 is 1.93 bits per heavy atom. The number of para-hydroxylation sites is 1. The van der Waals surface area contributed by atoms with Gasteiger partial charge in [-0.2, -0.15) is 0 Å². The number of ether oxygens (including phenoxy) is 1. The van der Waals surface area contributed by atoms with Crippen molar-refractivity contribution in [2.75, 3.05) is 6.61 Å². The van der Waals surface area contributed by atoms with E-state index in [-0.39, 0.29) is 0 Å². The molecule has 2 nitrogen and oxygen atoms in total. The van der Waals surface area contributed by atoms with Gasteiger partial charge in [0.2, 0.25) is 0 Å². The molecule has 0 amide bonds. The van der Waals surface area contributed by atoms with Crippen LogP contribution in [-0.4, -0.2) is 12.8 Å². The number of benzene rings is 2. The summed E-state index contributed by atoms with van der Waals surface area (Å²) in [5.41, 5.74) is 2.06. The van der Waals surface area contributed by atoms with Crippen molar-refractivity contribution in [3.63, 3.8) is 0 Å². The summed E-state index contributed by atoms with van der Waals surface area (Å²) in [6, 6.07) is 18.2. The number of hydrogen-bond donors (Lipinski definition) is 0. The molecule has 0 radical (unpaired) electrons. The Bertz CT molecular complexity index is 619. The number of unbranched alkanes of at least 4 members (excludes halogenated alkanes) is 9. The van der Waals surface area contributed by atoms with E-state index in [1.807, 2.05) is 48.7 Å². The first-order valence-corrected chi connectivity index (χ1v) is 10.7. The van der Waals surface area contributed by atoms with Gasteiger partial charge in [-0.05, 0) is 48.4 Å². The fraction of sp³-hybridized carbons (Fsp3) is 0.480. The van der Waals surface area contributed by atoms with Gasteiger partial charge in [-0.1, -0.05) is 82.9 Å². The molecule has 0 N–H and O–H groups in total. The lowest BCUT2D eigenvalue weighted by Gasteiger charge is -2.06. The van der Waals surface area contributed by atoms with Crippen molar-refractivity contribution in [1.82, 2.24) is 0 Å².